The molecule has 2 aromatic carbocycles. The number of carbonyl (C=O) groups excluding carboxylic acids is 1. The van der Waals surface area contributed by atoms with Crippen molar-refractivity contribution in [1.29, 1.82) is 5.26 Å². The lowest BCUT2D eigenvalue weighted by atomic mass is 9.59. The van der Waals surface area contributed by atoms with Gasteiger partial charge in [0.25, 0.3) is 0 Å². The number of piperidine rings is 1. The van der Waals surface area contributed by atoms with Crippen molar-refractivity contribution in [1.82, 2.24) is 15.1 Å². The molecular formula is C36H44FN5O5S. The zero-order valence-electron chi connectivity index (χ0n) is 27.3. The maximum absolute atomic E-state index is 14.5. The van der Waals surface area contributed by atoms with Crippen LogP contribution >= 0.6 is 0 Å². The van der Waals surface area contributed by atoms with Gasteiger partial charge in [0.15, 0.2) is 9.84 Å². The van der Waals surface area contributed by atoms with Gasteiger partial charge in [-0.3, -0.25) is 4.79 Å². The number of allylic oxidation sites excluding steroid dienone is 1. The summed E-state index contributed by atoms with van der Waals surface area (Å²) in [6.45, 7) is 6.47. The summed E-state index contributed by atoms with van der Waals surface area (Å²) in [5.41, 5.74) is 0.652. The number of amides is 2. The predicted octanol–water partition coefficient (Wildman–Crippen LogP) is 4.43. The third-order valence-electron chi connectivity index (χ3n) is 11.0. The van der Waals surface area contributed by atoms with Gasteiger partial charge >= 0.3 is 6.09 Å². The molecule has 48 heavy (non-hydrogen) atoms. The number of sulfone groups is 1. The highest BCUT2D eigenvalue weighted by Gasteiger charge is 2.53. The number of carbonyl (C=O) groups is 2. The lowest BCUT2D eigenvalue weighted by Crippen LogP contribution is -2.56. The largest absolute Gasteiger partial charge is 0.465 e. The van der Waals surface area contributed by atoms with E-state index in [0.29, 0.717) is 17.9 Å². The van der Waals surface area contributed by atoms with E-state index in [1.807, 2.05) is 18.2 Å². The summed E-state index contributed by atoms with van der Waals surface area (Å²) in [5.74, 6) is -0.342. The van der Waals surface area contributed by atoms with E-state index < -0.39 is 26.6 Å². The van der Waals surface area contributed by atoms with Crippen LogP contribution in [0.1, 0.15) is 44.6 Å². The molecule has 3 saturated heterocycles. The highest BCUT2D eigenvalue weighted by molar-refractivity contribution is 7.92. The SMILES string of the molecule is C/C=C/C(=O)N1CC(S(=O)(=O)c2ccc(N3CC(CN4CCC([C@@](C#N)(c5cccc(F)c5)[C@H]5CCC[C@@H]5NC(=O)O)CC4)C3)cc2)C1. The first-order chi connectivity index (χ1) is 23.0. The first-order valence-corrected chi connectivity index (χ1v) is 18.5. The van der Waals surface area contributed by atoms with Crippen LogP contribution in [-0.4, -0.2) is 92.4 Å². The second kappa shape index (κ2) is 13.9. The number of halogens is 1. The molecule has 0 aromatic heterocycles. The predicted molar refractivity (Wildman–Crippen MR) is 180 cm³/mol. The molecule has 0 unspecified atom stereocenters. The molecule has 2 amide bonds. The molecule has 3 aliphatic heterocycles. The first kappa shape index (κ1) is 33.9. The third kappa shape index (κ3) is 6.54. The molecule has 6 rings (SSSR count). The Kier molecular flexibility index (Phi) is 9.81. The Labute approximate surface area is 282 Å². The number of benzene rings is 2. The zero-order chi connectivity index (χ0) is 34.1. The van der Waals surface area contributed by atoms with Crippen LogP contribution in [0.5, 0.6) is 0 Å². The number of carboxylic acid groups (broad SMARTS) is 1. The van der Waals surface area contributed by atoms with E-state index in [9.17, 15) is 32.8 Å². The van der Waals surface area contributed by atoms with Crippen molar-refractivity contribution in [2.45, 2.75) is 60.6 Å². The molecule has 1 saturated carbocycles. The van der Waals surface area contributed by atoms with Gasteiger partial charge in [0.05, 0.1) is 16.4 Å². The van der Waals surface area contributed by atoms with Crippen molar-refractivity contribution in [3.63, 3.8) is 0 Å². The van der Waals surface area contributed by atoms with E-state index in [4.69, 9.17) is 0 Å². The number of hydrogen-bond acceptors (Lipinski definition) is 7. The molecule has 3 atom stereocenters. The van der Waals surface area contributed by atoms with Crippen molar-refractivity contribution in [2.24, 2.45) is 17.8 Å². The lowest BCUT2D eigenvalue weighted by Gasteiger charge is -2.48. The van der Waals surface area contributed by atoms with E-state index in [-0.39, 0.29) is 47.6 Å². The maximum Gasteiger partial charge on any atom is 0.404 e. The second-order valence-electron chi connectivity index (χ2n) is 13.8. The minimum absolute atomic E-state index is 0.0221. The molecule has 3 heterocycles. The Morgan fingerprint density at radius 2 is 1.77 bits per heavy atom. The number of nitriles is 1. The minimum atomic E-state index is -3.51. The van der Waals surface area contributed by atoms with E-state index in [0.717, 1.165) is 64.1 Å². The Hall–Kier alpha value is -3.95. The molecule has 2 aromatic rings. The monoisotopic (exact) mass is 677 g/mol. The molecular weight excluding hydrogens is 633 g/mol. The van der Waals surface area contributed by atoms with Gasteiger partial charge in [-0.1, -0.05) is 24.6 Å². The molecule has 12 heteroatoms. The highest BCUT2D eigenvalue weighted by Crippen LogP contribution is 2.50. The Balaban J connectivity index is 1.04. The van der Waals surface area contributed by atoms with Crippen LogP contribution in [0.3, 0.4) is 0 Å². The van der Waals surface area contributed by atoms with Crippen molar-refractivity contribution >= 4 is 27.5 Å². The Morgan fingerprint density at radius 3 is 2.40 bits per heavy atom. The summed E-state index contributed by atoms with van der Waals surface area (Å²) < 4.78 is 40.7. The molecule has 2 N–H and O–H groups in total. The van der Waals surface area contributed by atoms with E-state index in [2.05, 4.69) is 21.2 Å². The fourth-order valence-electron chi connectivity index (χ4n) is 8.51. The number of rotatable bonds is 10. The van der Waals surface area contributed by atoms with Crippen LogP contribution in [-0.2, 0) is 20.0 Å². The van der Waals surface area contributed by atoms with Gasteiger partial charge in [-0.15, -0.1) is 0 Å². The van der Waals surface area contributed by atoms with E-state index in [1.54, 1.807) is 31.2 Å². The minimum Gasteiger partial charge on any atom is -0.465 e. The van der Waals surface area contributed by atoms with E-state index in [1.165, 1.54) is 23.1 Å². The molecule has 0 radical (unpaired) electrons. The van der Waals surface area contributed by atoms with Crippen molar-refractivity contribution in [2.75, 3.05) is 50.7 Å². The van der Waals surface area contributed by atoms with Gasteiger partial charge in [-0.2, -0.15) is 5.26 Å². The van der Waals surface area contributed by atoms with Gasteiger partial charge in [0, 0.05) is 56.3 Å². The summed E-state index contributed by atoms with van der Waals surface area (Å²) >= 11 is 0. The smallest absolute Gasteiger partial charge is 0.404 e. The van der Waals surface area contributed by atoms with Crippen LogP contribution in [0.2, 0.25) is 0 Å². The van der Waals surface area contributed by atoms with Gasteiger partial charge in [0.1, 0.15) is 11.1 Å². The molecule has 0 spiro atoms. The lowest BCUT2D eigenvalue weighted by molar-refractivity contribution is -0.129. The third-order valence-corrected chi connectivity index (χ3v) is 13.1. The number of hydrogen-bond donors (Lipinski definition) is 2. The maximum atomic E-state index is 14.5. The molecule has 256 valence electrons. The summed E-state index contributed by atoms with van der Waals surface area (Å²) in [7, 11) is -3.51. The molecule has 1 aliphatic carbocycles. The Morgan fingerprint density at radius 1 is 1.06 bits per heavy atom. The van der Waals surface area contributed by atoms with Gasteiger partial charge < -0.3 is 25.1 Å². The summed E-state index contributed by atoms with van der Waals surface area (Å²) in [6.07, 6.45) is 5.76. The first-order valence-electron chi connectivity index (χ1n) is 16.9. The summed E-state index contributed by atoms with van der Waals surface area (Å²) in [5, 5.41) is 22.4. The number of nitrogens with one attached hydrogen (secondary N) is 1. The highest BCUT2D eigenvalue weighted by atomic mass is 32.2. The van der Waals surface area contributed by atoms with Crippen LogP contribution in [0, 0.1) is 34.9 Å². The quantitative estimate of drug-likeness (QED) is 0.353. The molecule has 0 bridgehead atoms. The number of anilines is 1. The number of nitrogens with zero attached hydrogens (tertiary/aromatic N) is 4. The van der Waals surface area contributed by atoms with Crippen molar-refractivity contribution < 1.29 is 27.5 Å². The average Bonchev–Trinajstić information content (AvgIpc) is 3.47. The summed E-state index contributed by atoms with van der Waals surface area (Å²) in [6, 6.07) is 15.7. The normalized spacial score (nSPS) is 24.1. The van der Waals surface area contributed by atoms with Crippen LogP contribution in [0.4, 0.5) is 14.9 Å². The van der Waals surface area contributed by atoms with Gasteiger partial charge in [0.2, 0.25) is 5.91 Å². The fraction of sp³-hybridized carbons (Fsp3) is 0.528. The molecule has 4 fully saturated rings. The fourth-order valence-corrected chi connectivity index (χ4v) is 10.2. The molecule has 4 aliphatic rings. The average molecular weight is 678 g/mol. The van der Waals surface area contributed by atoms with Crippen molar-refractivity contribution in [3.05, 3.63) is 72.1 Å². The molecule has 10 nitrogen and oxygen atoms in total. The topological polar surface area (TPSA) is 134 Å². The standard InChI is InChI=1S/C36H44FN5O5S/c1-2-5-34(43)42-22-31(23-42)48(46,47)30-12-10-29(11-13-30)41-20-25(21-41)19-40-16-14-26(15-17-40)36(24-38,27-6-3-7-28(37)18-27)32-8-4-9-33(32)39-35(44)45/h2-3,5-7,10-13,18,25-26,31-33,39H,4,8-9,14-17,19-23H2,1H3,(H,44,45)/b5-2+/t32-,33-,36-/m0/s1. The van der Waals surface area contributed by atoms with Gasteiger partial charge in [-0.25, -0.2) is 17.6 Å². The van der Waals surface area contributed by atoms with Gasteiger partial charge in [-0.05, 0) is 99.7 Å². The van der Waals surface area contributed by atoms with Crippen LogP contribution < -0.4 is 10.2 Å². The number of likely N-dealkylation sites (tertiary alicyclic amines) is 2. The van der Waals surface area contributed by atoms with Crippen LogP contribution in [0.15, 0.2) is 65.6 Å². The van der Waals surface area contributed by atoms with Crippen molar-refractivity contribution in [3.8, 4) is 6.07 Å². The van der Waals surface area contributed by atoms with E-state index >= 15 is 0 Å². The zero-order valence-corrected chi connectivity index (χ0v) is 28.1. The second-order valence-corrected chi connectivity index (χ2v) is 16.1. The Bertz CT molecular complexity index is 1670. The van der Waals surface area contributed by atoms with Crippen LogP contribution in [0.25, 0.3) is 0 Å². The summed E-state index contributed by atoms with van der Waals surface area (Å²) in [4.78, 5) is 30.1.